The van der Waals surface area contributed by atoms with Gasteiger partial charge in [0.2, 0.25) is 0 Å². The molecule has 1 aromatic rings. The fourth-order valence-corrected chi connectivity index (χ4v) is 1.81. The molecular formula is C16H20NNaO5. The molecule has 0 saturated carbocycles. The van der Waals surface area contributed by atoms with Gasteiger partial charge < -0.3 is 20.0 Å². The van der Waals surface area contributed by atoms with Crippen LogP contribution in [0, 0.1) is 0 Å². The number of benzene rings is 1. The standard InChI is InChI=1S/C16H21NO5.Na/c1-16(2,3)22-15(21)17-12(13(18)10-14(19)20)9-11-7-5-4-6-8-11;/h4-8,12H,9-10H2,1-3H3,(H,17,21)(H,19,20);/q;+1/p-1. The summed E-state index contributed by atoms with van der Waals surface area (Å²) in [7, 11) is 0. The Labute approximate surface area is 157 Å². The zero-order chi connectivity index (χ0) is 16.8. The molecule has 0 bridgehead atoms. The maximum atomic E-state index is 12.0. The number of nitrogens with one attached hydrogen (secondary N) is 1. The fourth-order valence-electron chi connectivity index (χ4n) is 1.81. The van der Waals surface area contributed by atoms with Crippen LogP contribution >= 0.6 is 0 Å². The van der Waals surface area contributed by atoms with E-state index in [2.05, 4.69) is 5.32 Å². The van der Waals surface area contributed by atoms with E-state index in [1.54, 1.807) is 45.0 Å². The summed E-state index contributed by atoms with van der Waals surface area (Å²) in [6.07, 6.45) is -1.33. The molecule has 0 aliphatic heterocycles. The number of Topliss-reactive ketones (excluding diaryl/α,β-unsaturated/α-hetero) is 1. The molecule has 0 heterocycles. The molecule has 0 aromatic heterocycles. The first-order chi connectivity index (χ1) is 10.2. The number of carbonyl (C=O) groups excluding carboxylic acids is 3. The summed E-state index contributed by atoms with van der Waals surface area (Å²) in [6, 6.07) is 8.01. The minimum absolute atomic E-state index is 0. The van der Waals surface area contributed by atoms with E-state index in [1.807, 2.05) is 6.07 Å². The average molecular weight is 329 g/mol. The quantitative estimate of drug-likeness (QED) is 0.474. The molecule has 0 aliphatic carbocycles. The minimum Gasteiger partial charge on any atom is -0.550 e. The van der Waals surface area contributed by atoms with Crippen LogP contribution in [0.4, 0.5) is 4.79 Å². The minimum atomic E-state index is -1.48. The maximum absolute atomic E-state index is 12.0. The van der Waals surface area contributed by atoms with Gasteiger partial charge in [0.15, 0.2) is 5.78 Å². The molecule has 1 amide bonds. The second-order valence-electron chi connectivity index (χ2n) is 5.90. The Morgan fingerprint density at radius 2 is 1.74 bits per heavy atom. The Balaban J connectivity index is 0.00000484. The summed E-state index contributed by atoms with van der Waals surface area (Å²) >= 11 is 0. The molecule has 23 heavy (non-hydrogen) atoms. The second kappa shape index (κ2) is 9.70. The van der Waals surface area contributed by atoms with Crippen molar-refractivity contribution < 1.29 is 53.8 Å². The third-order valence-corrected chi connectivity index (χ3v) is 2.68. The number of alkyl carbamates (subject to hydrolysis) is 1. The Morgan fingerprint density at radius 1 is 1.17 bits per heavy atom. The summed E-state index contributed by atoms with van der Waals surface area (Å²) in [5.41, 5.74) is 0.0916. The van der Waals surface area contributed by atoms with Crippen LogP contribution in [-0.2, 0) is 20.7 Å². The summed E-state index contributed by atoms with van der Waals surface area (Å²) in [6.45, 7) is 5.09. The number of ether oxygens (including phenoxy) is 1. The second-order valence-corrected chi connectivity index (χ2v) is 5.90. The van der Waals surface area contributed by atoms with Crippen LogP contribution in [0.1, 0.15) is 32.8 Å². The third kappa shape index (κ3) is 9.38. The number of amides is 1. The van der Waals surface area contributed by atoms with Gasteiger partial charge in [0.1, 0.15) is 5.60 Å². The molecule has 1 atom stereocenters. The van der Waals surface area contributed by atoms with E-state index in [4.69, 9.17) is 4.74 Å². The molecule has 0 aliphatic rings. The fraction of sp³-hybridized carbons (Fsp3) is 0.438. The summed E-state index contributed by atoms with van der Waals surface area (Å²) in [4.78, 5) is 34.4. The molecule has 1 aromatic carbocycles. The molecule has 7 heteroatoms. The van der Waals surface area contributed by atoms with Crippen molar-refractivity contribution in [3.63, 3.8) is 0 Å². The molecule has 1 rings (SSSR count). The smallest absolute Gasteiger partial charge is 0.550 e. The van der Waals surface area contributed by atoms with Crippen molar-refractivity contribution in [2.75, 3.05) is 0 Å². The van der Waals surface area contributed by atoms with Gasteiger partial charge in [0.05, 0.1) is 6.04 Å². The Hall–Kier alpha value is -1.37. The predicted molar refractivity (Wildman–Crippen MR) is 77.9 cm³/mol. The van der Waals surface area contributed by atoms with Gasteiger partial charge >= 0.3 is 35.7 Å². The zero-order valence-corrected chi connectivity index (χ0v) is 15.9. The van der Waals surface area contributed by atoms with Gasteiger partial charge in [-0.05, 0) is 32.8 Å². The van der Waals surface area contributed by atoms with Crippen LogP contribution in [0.25, 0.3) is 0 Å². The van der Waals surface area contributed by atoms with Crippen LogP contribution in [-0.4, -0.2) is 29.5 Å². The number of aliphatic carboxylic acids is 1. The van der Waals surface area contributed by atoms with Gasteiger partial charge in [-0.3, -0.25) is 4.79 Å². The van der Waals surface area contributed by atoms with E-state index in [-0.39, 0.29) is 36.0 Å². The average Bonchev–Trinajstić information content (AvgIpc) is 2.36. The molecule has 120 valence electrons. The molecule has 1 unspecified atom stereocenters. The molecule has 6 nitrogen and oxygen atoms in total. The number of hydrogen-bond donors (Lipinski definition) is 1. The zero-order valence-electron chi connectivity index (χ0n) is 13.9. The Bertz CT molecular complexity index is 539. The number of ketones is 1. The maximum Gasteiger partial charge on any atom is 1.00 e. The van der Waals surface area contributed by atoms with Crippen molar-refractivity contribution >= 4 is 17.8 Å². The summed E-state index contributed by atoms with van der Waals surface area (Å²) in [5, 5.41) is 13.0. The van der Waals surface area contributed by atoms with Crippen LogP contribution in [0.5, 0.6) is 0 Å². The van der Waals surface area contributed by atoms with E-state index >= 15 is 0 Å². The number of hydrogen-bond acceptors (Lipinski definition) is 5. The van der Waals surface area contributed by atoms with Crippen LogP contribution < -0.4 is 40.0 Å². The topological polar surface area (TPSA) is 95.5 Å². The monoisotopic (exact) mass is 329 g/mol. The van der Waals surface area contributed by atoms with Crippen LogP contribution in [0.3, 0.4) is 0 Å². The molecule has 0 fully saturated rings. The van der Waals surface area contributed by atoms with E-state index in [1.165, 1.54) is 0 Å². The normalized spacial score (nSPS) is 11.8. The SMILES string of the molecule is CC(C)(C)OC(=O)NC(Cc1ccccc1)C(=O)CC(=O)[O-].[Na+]. The predicted octanol–water partition coefficient (Wildman–Crippen LogP) is -2.16. The summed E-state index contributed by atoms with van der Waals surface area (Å²) < 4.78 is 5.10. The summed E-state index contributed by atoms with van der Waals surface area (Å²) in [5.74, 6) is -2.11. The van der Waals surface area contributed by atoms with Gasteiger partial charge in [-0.15, -0.1) is 0 Å². The van der Waals surface area contributed by atoms with Crippen LogP contribution in [0.15, 0.2) is 30.3 Å². The molecule has 0 saturated heterocycles. The Kier molecular flexibility index (Phi) is 9.12. The molecule has 1 N–H and O–H groups in total. The van der Waals surface area contributed by atoms with Gasteiger partial charge in [-0.1, -0.05) is 30.3 Å². The van der Waals surface area contributed by atoms with Crippen molar-refractivity contribution in [2.24, 2.45) is 0 Å². The number of carbonyl (C=O) groups is 3. The first-order valence-electron chi connectivity index (χ1n) is 6.93. The van der Waals surface area contributed by atoms with Gasteiger partial charge in [-0.25, -0.2) is 4.79 Å². The van der Waals surface area contributed by atoms with Crippen molar-refractivity contribution in [1.82, 2.24) is 5.32 Å². The van der Waals surface area contributed by atoms with E-state index < -0.39 is 35.9 Å². The first kappa shape index (κ1) is 21.6. The Morgan fingerprint density at radius 3 is 2.22 bits per heavy atom. The van der Waals surface area contributed by atoms with E-state index in [0.717, 1.165) is 5.56 Å². The molecule has 0 radical (unpaired) electrons. The first-order valence-corrected chi connectivity index (χ1v) is 6.93. The van der Waals surface area contributed by atoms with Gasteiger partial charge in [-0.2, -0.15) is 0 Å². The largest absolute Gasteiger partial charge is 1.00 e. The molecule has 0 spiro atoms. The van der Waals surface area contributed by atoms with Crippen molar-refractivity contribution in [3.05, 3.63) is 35.9 Å². The van der Waals surface area contributed by atoms with Crippen molar-refractivity contribution in [2.45, 2.75) is 45.3 Å². The van der Waals surface area contributed by atoms with Crippen LogP contribution in [0.2, 0.25) is 0 Å². The number of rotatable bonds is 6. The van der Waals surface area contributed by atoms with Gasteiger partial charge in [0, 0.05) is 12.4 Å². The third-order valence-electron chi connectivity index (χ3n) is 2.68. The number of carboxylic acid groups (broad SMARTS) is 1. The van der Waals surface area contributed by atoms with E-state index in [9.17, 15) is 19.5 Å². The van der Waals surface area contributed by atoms with Crippen molar-refractivity contribution in [1.29, 1.82) is 0 Å². The number of carboxylic acids is 1. The van der Waals surface area contributed by atoms with Crippen molar-refractivity contribution in [3.8, 4) is 0 Å². The van der Waals surface area contributed by atoms with E-state index in [0.29, 0.717) is 0 Å². The van der Waals surface area contributed by atoms with Gasteiger partial charge in [0.25, 0.3) is 0 Å². The molecular weight excluding hydrogens is 309 g/mol.